The van der Waals surface area contributed by atoms with Crippen LogP contribution in [-0.2, 0) is 16.0 Å². The maximum atomic E-state index is 12.1. The van der Waals surface area contributed by atoms with Crippen molar-refractivity contribution < 1.29 is 9.59 Å². The zero-order valence-corrected chi connectivity index (χ0v) is 11.0. The lowest BCUT2D eigenvalue weighted by atomic mass is 10.0. The third-order valence-corrected chi connectivity index (χ3v) is 3.29. The Kier molecular flexibility index (Phi) is 4.16. The molecule has 0 aromatic heterocycles. The molecule has 0 saturated carbocycles. The predicted octanol–water partition coefficient (Wildman–Crippen LogP) is 0.793. The third kappa shape index (κ3) is 3.54. The van der Waals surface area contributed by atoms with Crippen LogP contribution in [0.4, 0.5) is 5.69 Å². The Bertz CT molecular complexity index is 487. The lowest BCUT2D eigenvalue weighted by Gasteiger charge is -2.19. The van der Waals surface area contributed by atoms with Gasteiger partial charge in [0.1, 0.15) is 0 Å². The van der Waals surface area contributed by atoms with Gasteiger partial charge in [-0.15, -0.1) is 0 Å². The molecule has 0 fully saturated rings. The van der Waals surface area contributed by atoms with Crippen LogP contribution in [0.25, 0.3) is 0 Å². The van der Waals surface area contributed by atoms with Gasteiger partial charge >= 0.3 is 0 Å². The third-order valence-electron chi connectivity index (χ3n) is 3.29. The number of para-hydroxylation sites is 1. The number of amides is 2. The zero-order chi connectivity index (χ0) is 13.8. The Balaban J connectivity index is 2.02. The van der Waals surface area contributed by atoms with Gasteiger partial charge in [-0.25, -0.2) is 0 Å². The molecule has 19 heavy (non-hydrogen) atoms. The number of anilines is 1. The fraction of sp³-hybridized carbons (Fsp3) is 0.429. The number of benzene rings is 1. The fourth-order valence-electron chi connectivity index (χ4n) is 2.37. The molecule has 2 rings (SSSR count). The van der Waals surface area contributed by atoms with Crippen molar-refractivity contribution in [2.75, 3.05) is 5.32 Å². The van der Waals surface area contributed by atoms with Gasteiger partial charge < -0.3 is 16.4 Å². The topological polar surface area (TPSA) is 84.2 Å². The molecule has 1 aliphatic rings. The summed E-state index contributed by atoms with van der Waals surface area (Å²) < 4.78 is 0. The first kappa shape index (κ1) is 13.5. The average molecular weight is 261 g/mol. The zero-order valence-electron chi connectivity index (χ0n) is 11.0. The predicted molar refractivity (Wildman–Crippen MR) is 73.6 cm³/mol. The normalized spacial score (nSPS) is 20.1. The highest BCUT2D eigenvalue weighted by Crippen LogP contribution is 2.21. The summed E-state index contributed by atoms with van der Waals surface area (Å²) in [5.41, 5.74) is 7.17. The number of nitrogens with one attached hydrogen (secondary N) is 2. The number of hydrogen-bond acceptors (Lipinski definition) is 3. The van der Waals surface area contributed by atoms with Gasteiger partial charge in [-0.2, -0.15) is 0 Å². The summed E-state index contributed by atoms with van der Waals surface area (Å²) in [6.45, 7) is 1.86. The number of aryl methyl sites for hydroxylation is 1. The molecule has 1 aromatic carbocycles. The van der Waals surface area contributed by atoms with Gasteiger partial charge in [0, 0.05) is 18.2 Å². The van der Waals surface area contributed by atoms with E-state index < -0.39 is 0 Å². The van der Waals surface area contributed by atoms with Crippen LogP contribution >= 0.6 is 0 Å². The maximum Gasteiger partial charge on any atom is 0.241 e. The molecule has 0 spiro atoms. The number of nitrogens with two attached hydrogens (primary N) is 1. The molecular formula is C14H19N3O2. The molecule has 5 heteroatoms. The Morgan fingerprint density at radius 1 is 1.53 bits per heavy atom. The Morgan fingerprint density at radius 3 is 3.00 bits per heavy atom. The molecule has 5 nitrogen and oxygen atoms in total. The number of primary amides is 1. The maximum absolute atomic E-state index is 12.1. The molecule has 1 heterocycles. The SMILES string of the molecule is CC(CC(N)=O)NC1CCc2ccccc2NC1=O. The molecule has 0 bridgehead atoms. The quantitative estimate of drug-likeness (QED) is 0.749. The Hall–Kier alpha value is -1.88. The van der Waals surface area contributed by atoms with Crippen molar-refractivity contribution in [1.82, 2.24) is 5.32 Å². The van der Waals surface area contributed by atoms with Crippen molar-refractivity contribution in [3.05, 3.63) is 29.8 Å². The van der Waals surface area contributed by atoms with Gasteiger partial charge in [0.2, 0.25) is 11.8 Å². The average Bonchev–Trinajstić information content (AvgIpc) is 2.48. The van der Waals surface area contributed by atoms with Crippen molar-refractivity contribution in [3.8, 4) is 0 Å². The second-order valence-electron chi connectivity index (χ2n) is 4.98. The van der Waals surface area contributed by atoms with E-state index in [1.165, 1.54) is 0 Å². The standard InChI is InChI=1S/C14H19N3O2/c1-9(8-13(15)18)16-12-7-6-10-4-2-3-5-11(10)17-14(12)19/h2-5,9,12,16H,6-8H2,1H3,(H2,15,18)(H,17,19). The smallest absolute Gasteiger partial charge is 0.241 e. The van der Waals surface area contributed by atoms with E-state index in [-0.39, 0.29) is 30.3 Å². The highest BCUT2D eigenvalue weighted by molar-refractivity contribution is 5.96. The first-order valence-electron chi connectivity index (χ1n) is 6.49. The van der Waals surface area contributed by atoms with Crippen LogP contribution in [0.2, 0.25) is 0 Å². The summed E-state index contributed by atoms with van der Waals surface area (Å²) in [6, 6.07) is 7.40. The molecule has 1 aliphatic heterocycles. The van der Waals surface area contributed by atoms with E-state index in [2.05, 4.69) is 10.6 Å². The van der Waals surface area contributed by atoms with E-state index in [4.69, 9.17) is 5.73 Å². The van der Waals surface area contributed by atoms with E-state index in [1.54, 1.807) is 0 Å². The van der Waals surface area contributed by atoms with Gasteiger partial charge in [0.05, 0.1) is 6.04 Å². The summed E-state index contributed by atoms with van der Waals surface area (Å²) in [5, 5.41) is 6.08. The summed E-state index contributed by atoms with van der Waals surface area (Å²) in [5.74, 6) is -0.418. The molecule has 0 saturated heterocycles. The second kappa shape index (κ2) is 5.84. The fourth-order valence-corrected chi connectivity index (χ4v) is 2.37. The summed E-state index contributed by atoms with van der Waals surface area (Å²) in [6.07, 6.45) is 1.78. The minimum Gasteiger partial charge on any atom is -0.370 e. The molecule has 2 atom stereocenters. The van der Waals surface area contributed by atoms with Crippen molar-refractivity contribution in [3.63, 3.8) is 0 Å². The number of carbonyl (C=O) groups is 2. The Morgan fingerprint density at radius 2 is 2.26 bits per heavy atom. The lowest BCUT2D eigenvalue weighted by molar-refractivity contribution is -0.120. The number of carbonyl (C=O) groups excluding carboxylic acids is 2. The van der Waals surface area contributed by atoms with Crippen LogP contribution in [0.5, 0.6) is 0 Å². The molecule has 2 unspecified atom stereocenters. The van der Waals surface area contributed by atoms with Crippen molar-refractivity contribution in [2.24, 2.45) is 5.73 Å². The first-order valence-corrected chi connectivity index (χ1v) is 6.49. The van der Waals surface area contributed by atoms with Crippen molar-refractivity contribution in [2.45, 2.75) is 38.3 Å². The van der Waals surface area contributed by atoms with E-state index in [9.17, 15) is 9.59 Å². The number of fused-ring (bicyclic) bond motifs is 1. The van der Waals surface area contributed by atoms with Gasteiger partial charge in [-0.1, -0.05) is 18.2 Å². The van der Waals surface area contributed by atoms with E-state index >= 15 is 0 Å². The largest absolute Gasteiger partial charge is 0.370 e. The van der Waals surface area contributed by atoms with Crippen LogP contribution in [0.3, 0.4) is 0 Å². The Labute approximate surface area is 112 Å². The molecule has 102 valence electrons. The van der Waals surface area contributed by atoms with Gasteiger partial charge in [-0.05, 0) is 31.4 Å². The van der Waals surface area contributed by atoms with Crippen LogP contribution < -0.4 is 16.4 Å². The van der Waals surface area contributed by atoms with Crippen molar-refractivity contribution in [1.29, 1.82) is 0 Å². The molecule has 0 aliphatic carbocycles. The summed E-state index contributed by atoms with van der Waals surface area (Å²) in [7, 11) is 0. The highest BCUT2D eigenvalue weighted by Gasteiger charge is 2.24. The summed E-state index contributed by atoms with van der Waals surface area (Å²) in [4.78, 5) is 23.0. The van der Waals surface area contributed by atoms with Gasteiger partial charge in [-0.3, -0.25) is 9.59 Å². The van der Waals surface area contributed by atoms with Gasteiger partial charge in [0.25, 0.3) is 0 Å². The molecular weight excluding hydrogens is 242 g/mol. The van der Waals surface area contributed by atoms with E-state index in [1.807, 2.05) is 31.2 Å². The highest BCUT2D eigenvalue weighted by atomic mass is 16.2. The van der Waals surface area contributed by atoms with Crippen molar-refractivity contribution >= 4 is 17.5 Å². The molecule has 0 radical (unpaired) electrons. The minimum absolute atomic E-state index is 0.0544. The number of rotatable bonds is 4. The van der Waals surface area contributed by atoms with Crippen LogP contribution in [0.15, 0.2) is 24.3 Å². The molecule has 4 N–H and O–H groups in total. The minimum atomic E-state index is -0.364. The van der Waals surface area contributed by atoms with Gasteiger partial charge in [0.15, 0.2) is 0 Å². The van der Waals surface area contributed by atoms with E-state index in [0.29, 0.717) is 6.42 Å². The van der Waals surface area contributed by atoms with Crippen LogP contribution in [-0.4, -0.2) is 23.9 Å². The lowest BCUT2D eigenvalue weighted by Crippen LogP contribution is -2.45. The molecule has 2 amide bonds. The second-order valence-corrected chi connectivity index (χ2v) is 4.98. The summed E-state index contributed by atoms with van der Waals surface area (Å²) >= 11 is 0. The molecule has 1 aromatic rings. The van der Waals surface area contributed by atoms with Crippen LogP contribution in [0.1, 0.15) is 25.3 Å². The number of hydrogen-bond donors (Lipinski definition) is 3. The first-order chi connectivity index (χ1) is 9.06. The van der Waals surface area contributed by atoms with E-state index in [0.717, 1.165) is 17.7 Å². The monoisotopic (exact) mass is 261 g/mol. The van der Waals surface area contributed by atoms with Crippen LogP contribution in [0, 0.1) is 0 Å².